The van der Waals surface area contributed by atoms with Crippen LogP contribution in [-0.2, 0) is 0 Å². The minimum absolute atomic E-state index is 0.188. The Kier molecular flexibility index (Phi) is 3.40. The Balaban J connectivity index is 2.68. The van der Waals surface area contributed by atoms with Crippen molar-refractivity contribution in [2.75, 3.05) is 10.6 Å². The van der Waals surface area contributed by atoms with Crippen molar-refractivity contribution in [3.63, 3.8) is 0 Å². The van der Waals surface area contributed by atoms with Gasteiger partial charge in [-0.15, -0.1) is 0 Å². The number of halogens is 4. The molecule has 0 saturated carbocycles. The lowest BCUT2D eigenvalue weighted by Gasteiger charge is -2.18. The number of nitrogens with one attached hydrogen (secondary N) is 2. The smallest absolute Gasteiger partial charge is 0.352 e. The molecular weight excluding hydrogens is 345 g/mol. The highest BCUT2D eigenvalue weighted by atomic mass is 35.5. The van der Waals surface area contributed by atoms with E-state index < -0.39 is 36.9 Å². The monoisotopic (exact) mass is 366 g/mol. The van der Waals surface area contributed by atoms with Crippen LogP contribution in [0.4, 0.5) is 25.1 Å². The molecule has 130 valence electrons. The molecule has 0 aromatic carbocycles. The zero-order valence-electron chi connectivity index (χ0n) is 18.5. The summed E-state index contributed by atoms with van der Waals surface area (Å²) >= 11 is 5.79. The highest BCUT2D eigenvalue weighted by molar-refractivity contribution is 6.29. The Labute approximate surface area is 150 Å². The van der Waals surface area contributed by atoms with E-state index in [1.54, 1.807) is 13.8 Å². The second-order valence-corrected chi connectivity index (χ2v) is 5.19. The van der Waals surface area contributed by atoms with Gasteiger partial charge in [-0.05, 0) is 32.8 Å². The number of rotatable bonds is 5. The number of aromatic nitrogens is 4. The van der Waals surface area contributed by atoms with Crippen LogP contribution < -0.4 is 10.6 Å². The molecule has 10 heteroatoms. The van der Waals surface area contributed by atoms with Gasteiger partial charge in [0, 0.05) is 10.2 Å². The van der Waals surface area contributed by atoms with E-state index >= 15 is 0 Å². The van der Waals surface area contributed by atoms with Gasteiger partial charge in [-0.2, -0.15) is 28.1 Å². The standard InChI is InChI=1S/C14H16ClF3N6/c1-7(2)19-12-22-11(9-5-4-6-10(15)21-9)23-13(24-12)20-8(3)14(16,17)18/h4-8H,1-3H3,(H2,19,20,22,23,24)/t8-/m1/s1/i3D3,4D,5D,8D. The van der Waals surface area contributed by atoms with Gasteiger partial charge in [-0.25, -0.2) is 4.98 Å². The fourth-order valence-electron chi connectivity index (χ4n) is 1.48. The molecule has 2 aromatic heterocycles. The average Bonchev–Trinajstić information content (AvgIpc) is 2.55. The molecule has 0 saturated heterocycles. The summed E-state index contributed by atoms with van der Waals surface area (Å²) in [6.45, 7) is -0.467. The highest BCUT2D eigenvalue weighted by Crippen LogP contribution is 2.24. The second kappa shape index (κ2) is 7.16. The quantitative estimate of drug-likeness (QED) is 0.784. The minimum atomic E-state index is -5.51. The topological polar surface area (TPSA) is 75.6 Å². The number of nitrogens with zero attached hydrogens (tertiary/aromatic N) is 4. The molecule has 1 atom stereocenters. The number of anilines is 2. The minimum Gasteiger partial charge on any atom is -0.352 e. The predicted octanol–water partition coefficient (Wildman–Crippen LogP) is 3.77. The van der Waals surface area contributed by atoms with Crippen molar-refractivity contribution in [1.82, 2.24) is 19.9 Å². The zero-order valence-corrected chi connectivity index (χ0v) is 13.2. The van der Waals surface area contributed by atoms with Gasteiger partial charge in [-0.1, -0.05) is 17.6 Å². The molecular formula is C14H16ClF3N6. The summed E-state index contributed by atoms with van der Waals surface area (Å²) in [6.07, 6.45) is -5.51. The Morgan fingerprint density at radius 3 is 2.46 bits per heavy atom. The number of hydrogen-bond donors (Lipinski definition) is 2. The van der Waals surface area contributed by atoms with Gasteiger partial charge in [0.15, 0.2) is 5.82 Å². The van der Waals surface area contributed by atoms with Crippen molar-refractivity contribution >= 4 is 23.5 Å². The molecule has 24 heavy (non-hydrogen) atoms. The third kappa shape index (κ3) is 4.92. The van der Waals surface area contributed by atoms with Crippen LogP contribution in [0.3, 0.4) is 0 Å². The van der Waals surface area contributed by atoms with Gasteiger partial charge < -0.3 is 10.6 Å². The average molecular weight is 367 g/mol. The summed E-state index contributed by atoms with van der Waals surface area (Å²) in [4.78, 5) is 15.2. The van der Waals surface area contributed by atoms with E-state index in [0.29, 0.717) is 0 Å². The number of hydrogen-bond acceptors (Lipinski definition) is 6. The molecule has 0 spiro atoms. The third-order valence-corrected chi connectivity index (χ3v) is 2.58. The lowest BCUT2D eigenvalue weighted by molar-refractivity contribution is -0.138. The van der Waals surface area contributed by atoms with Crippen LogP contribution >= 0.6 is 11.6 Å². The van der Waals surface area contributed by atoms with Gasteiger partial charge in [0.05, 0.1) is 4.11 Å². The molecule has 0 radical (unpaired) electrons. The van der Waals surface area contributed by atoms with Gasteiger partial charge in [-0.3, -0.25) is 0 Å². The SMILES string of the molecule is [2H]c1cc(Cl)nc(-c2nc(NC(C)C)nc(N[C@]([2H])(C([2H])([2H])[2H])C(F)(F)F)n2)c1[2H]. The van der Waals surface area contributed by atoms with Crippen LogP contribution in [0.5, 0.6) is 0 Å². The molecule has 0 aliphatic carbocycles. The molecule has 2 N–H and O–H groups in total. The van der Waals surface area contributed by atoms with E-state index in [4.69, 9.17) is 19.8 Å². The molecule has 0 aliphatic rings. The second-order valence-electron chi connectivity index (χ2n) is 4.80. The number of pyridine rings is 1. The maximum absolute atomic E-state index is 13.4. The molecule has 0 bridgehead atoms. The van der Waals surface area contributed by atoms with Gasteiger partial charge in [0.25, 0.3) is 0 Å². The van der Waals surface area contributed by atoms with E-state index in [1.807, 2.05) is 0 Å². The first-order valence-corrected chi connectivity index (χ1v) is 6.94. The lowest BCUT2D eigenvalue weighted by atomic mass is 10.3. The summed E-state index contributed by atoms with van der Waals surface area (Å²) < 4.78 is 84.9. The first kappa shape index (κ1) is 11.4. The summed E-state index contributed by atoms with van der Waals surface area (Å²) in [5.41, 5.74) is -0.332. The summed E-state index contributed by atoms with van der Waals surface area (Å²) in [5, 5.41) is 4.04. The first-order valence-electron chi connectivity index (χ1n) is 9.57. The Hall–Kier alpha value is -2.16. The Morgan fingerprint density at radius 2 is 1.88 bits per heavy atom. The van der Waals surface area contributed by atoms with Crippen molar-refractivity contribution in [3.8, 4) is 11.5 Å². The van der Waals surface area contributed by atoms with Crippen molar-refractivity contribution in [1.29, 1.82) is 0 Å². The molecule has 0 aliphatic heterocycles. The lowest BCUT2D eigenvalue weighted by Crippen LogP contribution is -2.34. The summed E-state index contributed by atoms with van der Waals surface area (Å²) in [5.74, 6) is -1.59. The number of alkyl halides is 3. The fourth-order valence-corrected chi connectivity index (χ4v) is 1.62. The molecule has 0 unspecified atom stereocenters. The van der Waals surface area contributed by atoms with Crippen LogP contribution in [0.25, 0.3) is 11.5 Å². The van der Waals surface area contributed by atoms with E-state index in [0.717, 1.165) is 6.07 Å². The van der Waals surface area contributed by atoms with Gasteiger partial charge >= 0.3 is 6.18 Å². The maximum atomic E-state index is 13.4. The molecule has 6 nitrogen and oxygen atoms in total. The van der Waals surface area contributed by atoms with Gasteiger partial charge in [0.1, 0.15) is 16.9 Å². The van der Waals surface area contributed by atoms with Crippen LogP contribution in [0.2, 0.25) is 5.15 Å². The van der Waals surface area contributed by atoms with Crippen LogP contribution in [0, 0.1) is 0 Å². The zero-order chi connectivity index (χ0) is 23.1. The summed E-state index contributed by atoms with van der Waals surface area (Å²) in [6, 6.07) is -4.14. The molecule has 0 fully saturated rings. The van der Waals surface area contributed by atoms with Gasteiger partial charge in [0.2, 0.25) is 11.9 Å². The maximum Gasteiger partial charge on any atom is 0.408 e. The normalized spacial score (nSPS) is 18.5. The third-order valence-electron chi connectivity index (χ3n) is 2.39. The van der Waals surface area contributed by atoms with Crippen molar-refractivity contribution in [2.24, 2.45) is 0 Å². The largest absolute Gasteiger partial charge is 0.408 e. The molecule has 0 amide bonds. The van der Waals surface area contributed by atoms with E-state index in [-0.39, 0.29) is 28.9 Å². The Morgan fingerprint density at radius 1 is 1.21 bits per heavy atom. The van der Waals surface area contributed by atoms with Crippen LogP contribution in [0.1, 0.15) is 28.9 Å². The van der Waals surface area contributed by atoms with Crippen LogP contribution in [0.15, 0.2) is 18.2 Å². The highest BCUT2D eigenvalue weighted by Gasteiger charge is 2.36. The van der Waals surface area contributed by atoms with E-state index in [9.17, 15) is 13.2 Å². The predicted molar refractivity (Wildman–Crippen MR) is 86.0 cm³/mol. The molecule has 2 heterocycles. The van der Waals surface area contributed by atoms with Crippen LogP contribution in [-0.4, -0.2) is 38.2 Å². The molecule has 2 rings (SSSR count). The van der Waals surface area contributed by atoms with Crippen molar-refractivity contribution in [3.05, 3.63) is 23.3 Å². The van der Waals surface area contributed by atoms with E-state index in [1.165, 1.54) is 5.32 Å². The van der Waals surface area contributed by atoms with E-state index in [2.05, 4.69) is 25.3 Å². The molecule has 2 aromatic rings. The Bertz CT molecular complexity index is 926. The van der Waals surface area contributed by atoms with Crippen molar-refractivity contribution < 1.29 is 21.4 Å². The summed E-state index contributed by atoms with van der Waals surface area (Å²) in [7, 11) is 0. The first-order chi connectivity index (χ1) is 13.5. The van der Waals surface area contributed by atoms with Crippen molar-refractivity contribution in [2.45, 2.75) is 38.9 Å². The fraction of sp³-hybridized carbons (Fsp3) is 0.429.